The van der Waals surface area contributed by atoms with E-state index in [2.05, 4.69) is 18.9 Å². The average molecular weight is 289 g/mol. The molecule has 114 valence electrons. The van der Waals surface area contributed by atoms with Gasteiger partial charge in [-0.25, -0.2) is 0 Å². The van der Waals surface area contributed by atoms with Gasteiger partial charge >= 0.3 is 0 Å². The van der Waals surface area contributed by atoms with Gasteiger partial charge in [-0.3, -0.25) is 4.68 Å². The third-order valence-corrected chi connectivity index (χ3v) is 3.43. The fourth-order valence-electron chi connectivity index (χ4n) is 2.37. The molecule has 0 unspecified atom stereocenters. The maximum absolute atomic E-state index is 6.17. The Morgan fingerprint density at radius 3 is 2.19 bits per heavy atom. The van der Waals surface area contributed by atoms with Gasteiger partial charge in [0.15, 0.2) is 0 Å². The Bertz CT molecular complexity index is 610. The molecular weight excluding hydrogens is 266 g/mol. The van der Waals surface area contributed by atoms with Crippen LogP contribution in [0.25, 0.3) is 11.3 Å². The van der Waals surface area contributed by atoms with Crippen molar-refractivity contribution in [3.05, 3.63) is 23.8 Å². The molecule has 0 aliphatic rings. The number of hydrogen-bond donors (Lipinski definition) is 1. The minimum Gasteiger partial charge on any atom is -0.497 e. The van der Waals surface area contributed by atoms with Crippen molar-refractivity contribution < 1.29 is 9.47 Å². The monoisotopic (exact) mass is 289 g/mol. The summed E-state index contributed by atoms with van der Waals surface area (Å²) >= 11 is 0. The predicted molar refractivity (Wildman–Crippen MR) is 84.7 cm³/mol. The van der Waals surface area contributed by atoms with Crippen LogP contribution in [0.4, 0.5) is 5.82 Å². The lowest BCUT2D eigenvalue weighted by Crippen LogP contribution is -2.02. The Balaban J connectivity index is 2.58. The van der Waals surface area contributed by atoms with Crippen molar-refractivity contribution in [2.45, 2.75) is 20.3 Å². The van der Waals surface area contributed by atoms with Crippen LogP contribution in [0.15, 0.2) is 18.2 Å². The van der Waals surface area contributed by atoms with Gasteiger partial charge in [-0.15, -0.1) is 0 Å². The van der Waals surface area contributed by atoms with E-state index in [1.807, 2.05) is 25.2 Å². The highest BCUT2D eigenvalue weighted by Crippen LogP contribution is 2.34. The molecule has 0 spiro atoms. The van der Waals surface area contributed by atoms with E-state index in [0.29, 0.717) is 11.7 Å². The molecule has 0 fully saturated rings. The number of anilines is 1. The molecule has 0 saturated carbocycles. The Kier molecular flexibility index (Phi) is 4.40. The minimum atomic E-state index is 0.503. The Hall–Kier alpha value is -2.17. The molecule has 0 atom stereocenters. The molecule has 0 aliphatic heterocycles. The number of benzene rings is 1. The van der Waals surface area contributed by atoms with E-state index in [4.69, 9.17) is 15.2 Å². The first-order valence-corrected chi connectivity index (χ1v) is 7.01. The third kappa shape index (κ3) is 3.12. The molecule has 1 heterocycles. The standard InChI is InChI=1S/C16H23N3O2/c1-10(2)6-14-15(18-19(3)16(14)17)11-7-12(20-4)9-13(8-11)21-5/h7-10H,6,17H2,1-5H3. The second-order valence-electron chi connectivity index (χ2n) is 5.54. The topological polar surface area (TPSA) is 62.3 Å². The van der Waals surface area contributed by atoms with Gasteiger partial charge in [0.1, 0.15) is 17.3 Å². The van der Waals surface area contributed by atoms with Crippen LogP contribution < -0.4 is 15.2 Å². The maximum Gasteiger partial charge on any atom is 0.125 e. The van der Waals surface area contributed by atoms with Crippen LogP contribution in [-0.4, -0.2) is 24.0 Å². The van der Waals surface area contributed by atoms with Crippen molar-refractivity contribution in [1.29, 1.82) is 0 Å². The smallest absolute Gasteiger partial charge is 0.125 e. The Morgan fingerprint density at radius 1 is 1.14 bits per heavy atom. The molecule has 0 aliphatic carbocycles. The molecular formula is C16H23N3O2. The van der Waals surface area contributed by atoms with Crippen molar-refractivity contribution in [2.24, 2.45) is 13.0 Å². The van der Waals surface area contributed by atoms with Gasteiger partial charge in [-0.1, -0.05) is 13.8 Å². The normalized spacial score (nSPS) is 11.0. The quantitative estimate of drug-likeness (QED) is 0.919. The van der Waals surface area contributed by atoms with Gasteiger partial charge in [0.05, 0.1) is 19.9 Å². The highest BCUT2D eigenvalue weighted by atomic mass is 16.5. The summed E-state index contributed by atoms with van der Waals surface area (Å²) in [5.41, 5.74) is 9.08. The molecule has 1 aromatic heterocycles. The summed E-state index contributed by atoms with van der Waals surface area (Å²) in [5, 5.41) is 4.56. The zero-order valence-corrected chi connectivity index (χ0v) is 13.3. The number of nitrogen functional groups attached to an aromatic ring is 1. The van der Waals surface area contributed by atoms with E-state index in [0.717, 1.165) is 34.7 Å². The van der Waals surface area contributed by atoms with E-state index in [-0.39, 0.29) is 0 Å². The first kappa shape index (κ1) is 15.2. The van der Waals surface area contributed by atoms with Gasteiger partial charge < -0.3 is 15.2 Å². The number of hydrogen-bond acceptors (Lipinski definition) is 4. The number of ether oxygens (including phenoxy) is 2. The second-order valence-corrected chi connectivity index (χ2v) is 5.54. The Morgan fingerprint density at radius 2 is 1.71 bits per heavy atom. The molecule has 2 rings (SSSR count). The van der Waals surface area contributed by atoms with Crippen molar-refractivity contribution in [2.75, 3.05) is 20.0 Å². The summed E-state index contributed by atoms with van der Waals surface area (Å²) < 4.78 is 12.4. The van der Waals surface area contributed by atoms with E-state index in [9.17, 15) is 0 Å². The number of nitrogens with zero attached hydrogens (tertiary/aromatic N) is 2. The zero-order chi connectivity index (χ0) is 15.6. The van der Waals surface area contributed by atoms with Crippen LogP contribution in [0.1, 0.15) is 19.4 Å². The third-order valence-electron chi connectivity index (χ3n) is 3.43. The SMILES string of the molecule is COc1cc(OC)cc(-c2nn(C)c(N)c2CC(C)C)c1. The van der Waals surface area contributed by atoms with Crippen LogP contribution in [0.2, 0.25) is 0 Å². The number of methoxy groups -OCH3 is 2. The molecule has 2 aromatic rings. The molecule has 0 saturated heterocycles. The molecule has 21 heavy (non-hydrogen) atoms. The molecule has 2 N–H and O–H groups in total. The summed E-state index contributed by atoms with van der Waals surface area (Å²) in [7, 11) is 5.14. The fourth-order valence-corrected chi connectivity index (χ4v) is 2.37. The van der Waals surface area contributed by atoms with Crippen LogP contribution in [0.5, 0.6) is 11.5 Å². The van der Waals surface area contributed by atoms with Crippen molar-refractivity contribution in [3.63, 3.8) is 0 Å². The van der Waals surface area contributed by atoms with Gasteiger partial charge in [0.2, 0.25) is 0 Å². The summed E-state index contributed by atoms with van der Waals surface area (Å²) in [5.74, 6) is 2.69. The minimum absolute atomic E-state index is 0.503. The number of rotatable bonds is 5. The first-order valence-electron chi connectivity index (χ1n) is 7.01. The summed E-state index contributed by atoms with van der Waals surface area (Å²) in [6.07, 6.45) is 0.883. The van der Waals surface area contributed by atoms with Crippen molar-refractivity contribution in [1.82, 2.24) is 9.78 Å². The van der Waals surface area contributed by atoms with E-state index < -0.39 is 0 Å². The maximum atomic E-state index is 6.17. The van der Waals surface area contributed by atoms with Gasteiger partial charge in [-0.05, 0) is 24.5 Å². The van der Waals surface area contributed by atoms with Crippen LogP contribution in [0, 0.1) is 5.92 Å². The van der Waals surface area contributed by atoms with Crippen molar-refractivity contribution in [3.8, 4) is 22.8 Å². The van der Waals surface area contributed by atoms with Crippen molar-refractivity contribution >= 4 is 5.82 Å². The molecule has 0 amide bonds. The number of aromatic nitrogens is 2. The van der Waals surface area contributed by atoms with E-state index in [1.165, 1.54) is 0 Å². The highest BCUT2D eigenvalue weighted by Gasteiger charge is 2.18. The average Bonchev–Trinajstić information content (AvgIpc) is 2.74. The molecule has 5 heteroatoms. The van der Waals surface area contributed by atoms with Crippen LogP contribution in [0.3, 0.4) is 0 Å². The lowest BCUT2D eigenvalue weighted by molar-refractivity contribution is 0.394. The fraction of sp³-hybridized carbons (Fsp3) is 0.438. The lowest BCUT2D eigenvalue weighted by atomic mass is 9.99. The second kappa shape index (κ2) is 6.08. The lowest BCUT2D eigenvalue weighted by Gasteiger charge is -2.10. The predicted octanol–water partition coefficient (Wildman–Crippen LogP) is 2.89. The number of aryl methyl sites for hydroxylation is 1. The van der Waals surface area contributed by atoms with Crippen LogP contribution >= 0.6 is 0 Å². The molecule has 1 aromatic carbocycles. The van der Waals surface area contributed by atoms with E-state index >= 15 is 0 Å². The summed E-state index contributed by atoms with van der Waals surface area (Å²) in [6, 6.07) is 5.75. The van der Waals surface area contributed by atoms with Gasteiger partial charge in [0.25, 0.3) is 0 Å². The first-order chi connectivity index (χ1) is 9.96. The van der Waals surface area contributed by atoms with Crippen LogP contribution in [-0.2, 0) is 13.5 Å². The Labute approximate surface area is 125 Å². The largest absolute Gasteiger partial charge is 0.497 e. The number of nitrogens with two attached hydrogens (primary N) is 1. The van der Waals surface area contributed by atoms with Gasteiger partial charge in [-0.2, -0.15) is 5.10 Å². The zero-order valence-electron chi connectivity index (χ0n) is 13.3. The molecule has 5 nitrogen and oxygen atoms in total. The highest BCUT2D eigenvalue weighted by molar-refractivity contribution is 5.71. The molecule has 0 bridgehead atoms. The van der Waals surface area contributed by atoms with E-state index in [1.54, 1.807) is 18.9 Å². The van der Waals surface area contributed by atoms with Gasteiger partial charge in [0, 0.05) is 24.2 Å². The summed E-state index contributed by atoms with van der Waals surface area (Å²) in [6.45, 7) is 4.34. The summed E-state index contributed by atoms with van der Waals surface area (Å²) in [4.78, 5) is 0. The molecule has 0 radical (unpaired) electrons.